The number of aryl methyl sites for hydroxylation is 2. The van der Waals surface area contributed by atoms with Gasteiger partial charge in [-0.3, -0.25) is 9.48 Å². The first-order valence-electron chi connectivity index (χ1n) is 6.52. The van der Waals surface area contributed by atoms with Crippen LogP contribution in [0.15, 0.2) is 6.20 Å². The van der Waals surface area contributed by atoms with E-state index in [0.717, 1.165) is 25.2 Å². The summed E-state index contributed by atoms with van der Waals surface area (Å²) in [4.78, 5) is 14.4. The summed E-state index contributed by atoms with van der Waals surface area (Å²) in [7, 11) is 1.84. The Hall–Kier alpha value is -1.36. The van der Waals surface area contributed by atoms with Crippen molar-refractivity contribution in [2.24, 2.45) is 24.6 Å². The van der Waals surface area contributed by atoms with Gasteiger partial charge in [-0.2, -0.15) is 5.10 Å². The molecule has 1 aromatic heterocycles. The average molecular weight is 250 g/mol. The SMILES string of the molecule is Cc1nn(C)cc1C(=O)N1CCC(C)C(CN)C1. The Bertz CT molecular complexity index is 440. The molecule has 18 heavy (non-hydrogen) atoms. The van der Waals surface area contributed by atoms with Gasteiger partial charge in [-0.15, -0.1) is 0 Å². The molecule has 2 heterocycles. The molecule has 1 saturated heterocycles. The number of carbonyl (C=O) groups excluding carboxylic acids is 1. The van der Waals surface area contributed by atoms with Gasteiger partial charge in [0.2, 0.25) is 0 Å². The first kappa shape index (κ1) is 13.1. The molecule has 5 heteroatoms. The van der Waals surface area contributed by atoms with Crippen LogP contribution >= 0.6 is 0 Å². The summed E-state index contributed by atoms with van der Waals surface area (Å²) in [6.07, 6.45) is 2.83. The molecule has 2 rings (SSSR count). The van der Waals surface area contributed by atoms with Crippen molar-refractivity contribution in [3.63, 3.8) is 0 Å². The van der Waals surface area contributed by atoms with Gasteiger partial charge >= 0.3 is 0 Å². The van der Waals surface area contributed by atoms with Gasteiger partial charge in [-0.05, 0) is 31.7 Å². The average Bonchev–Trinajstić information content (AvgIpc) is 2.68. The smallest absolute Gasteiger partial charge is 0.257 e. The number of aromatic nitrogens is 2. The molecule has 5 nitrogen and oxygen atoms in total. The van der Waals surface area contributed by atoms with Crippen LogP contribution in [0.2, 0.25) is 0 Å². The van der Waals surface area contributed by atoms with E-state index in [2.05, 4.69) is 12.0 Å². The van der Waals surface area contributed by atoms with Crippen molar-refractivity contribution < 1.29 is 4.79 Å². The Morgan fingerprint density at radius 1 is 1.61 bits per heavy atom. The van der Waals surface area contributed by atoms with Gasteiger partial charge in [0.15, 0.2) is 0 Å². The number of hydrogen-bond donors (Lipinski definition) is 1. The Morgan fingerprint density at radius 3 is 2.89 bits per heavy atom. The zero-order valence-corrected chi connectivity index (χ0v) is 11.4. The molecule has 1 aliphatic rings. The number of nitrogens with zero attached hydrogens (tertiary/aromatic N) is 3. The highest BCUT2D eigenvalue weighted by Crippen LogP contribution is 2.23. The van der Waals surface area contributed by atoms with Crippen LogP contribution in [-0.2, 0) is 7.05 Å². The van der Waals surface area contributed by atoms with E-state index in [4.69, 9.17) is 5.73 Å². The fourth-order valence-electron chi connectivity index (χ4n) is 2.62. The van der Waals surface area contributed by atoms with E-state index in [9.17, 15) is 4.79 Å². The van der Waals surface area contributed by atoms with Crippen LogP contribution in [-0.4, -0.2) is 40.2 Å². The molecule has 0 spiro atoms. The van der Waals surface area contributed by atoms with Crippen molar-refractivity contribution in [3.8, 4) is 0 Å². The predicted octanol–water partition coefficient (Wildman–Crippen LogP) is 0.785. The van der Waals surface area contributed by atoms with Crippen LogP contribution < -0.4 is 5.73 Å². The van der Waals surface area contributed by atoms with Crippen molar-refractivity contribution in [2.75, 3.05) is 19.6 Å². The summed E-state index contributed by atoms with van der Waals surface area (Å²) in [5.41, 5.74) is 7.28. The van der Waals surface area contributed by atoms with Gasteiger partial charge < -0.3 is 10.6 Å². The molecule has 2 atom stereocenters. The van der Waals surface area contributed by atoms with Crippen LogP contribution in [0.1, 0.15) is 29.4 Å². The topological polar surface area (TPSA) is 64.2 Å². The van der Waals surface area contributed by atoms with Gasteiger partial charge in [0.25, 0.3) is 5.91 Å². The number of carbonyl (C=O) groups is 1. The lowest BCUT2D eigenvalue weighted by molar-refractivity contribution is 0.0617. The van der Waals surface area contributed by atoms with Crippen LogP contribution in [0.3, 0.4) is 0 Å². The van der Waals surface area contributed by atoms with Crippen molar-refractivity contribution >= 4 is 5.91 Å². The van der Waals surface area contributed by atoms with Gasteiger partial charge in [-0.1, -0.05) is 6.92 Å². The van der Waals surface area contributed by atoms with Crippen LogP contribution in [0, 0.1) is 18.8 Å². The highest BCUT2D eigenvalue weighted by atomic mass is 16.2. The number of amides is 1. The fraction of sp³-hybridized carbons (Fsp3) is 0.692. The highest BCUT2D eigenvalue weighted by Gasteiger charge is 2.29. The Labute approximate surface area is 108 Å². The van der Waals surface area contributed by atoms with E-state index in [-0.39, 0.29) is 5.91 Å². The summed E-state index contributed by atoms with van der Waals surface area (Å²) in [5.74, 6) is 1.11. The maximum absolute atomic E-state index is 12.4. The van der Waals surface area contributed by atoms with E-state index in [1.807, 2.05) is 18.9 Å². The molecule has 0 aromatic carbocycles. The van der Waals surface area contributed by atoms with E-state index < -0.39 is 0 Å². The third-order valence-corrected chi connectivity index (χ3v) is 3.95. The highest BCUT2D eigenvalue weighted by molar-refractivity contribution is 5.95. The number of piperidine rings is 1. The summed E-state index contributed by atoms with van der Waals surface area (Å²) < 4.78 is 1.69. The number of rotatable bonds is 2. The van der Waals surface area contributed by atoms with E-state index in [0.29, 0.717) is 23.9 Å². The first-order valence-corrected chi connectivity index (χ1v) is 6.52. The third-order valence-electron chi connectivity index (χ3n) is 3.95. The normalized spacial score (nSPS) is 24.3. The lowest BCUT2D eigenvalue weighted by atomic mass is 9.87. The maximum atomic E-state index is 12.4. The molecule has 0 saturated carbocycles. The maximum Gasteiger partial charge on any atom is 0.257 e. The second-order valence-electron chi connectivity index (χ2n) is 5.31. The molecular weight excluding hydrogens is 228 g/mol. The Morgan fingerprint density at radius 2 is 2.33 bits per heavy atom. The zero-order chi connectivity index (χ0) is 13.3. The van der Waals surface area contributed by atoms with Crippen molar-refractivity contribution in [3.05, 3.63) is 17.5 Å². The first-order chi connectivity index (χ1) is 8.52. The van der Waals surface area contributed by atoms with Crippen LogP contribution in [0.25, 0.3) is 0 Å². The molecular formula is C13H22N4O. The van der Waals surface area contributed by atoms with Crippen LogP contribution in [0.4, 0.5) is 0 Å². The number of hydrogen-bond acceptors (Lipinski definition) is 3. The molecule has 1 aromatic rings. The van der Waals surface area contributed by atoms with Gasteiger partial charge in [0.05, 0.1) is 11.3 Å². The monoisotopic (exact) mass is 250 g/mol. The molecule has 1 amide bonds. The van der Waals surface area contributed by atoms with Gasteiger partial charge in [0, 0.05) is 26.3 Å². The second kappa shape index (κ2) is 5.10. The standard InChI is InChI=1S/C13H22N4O/c1-9-4-5-17(7-11(9)6-14)13(18)12-8-16(3)15-10(12)2/h8-9,11H,4-7,14H2,1-3H3. The molecule has 2 unspecified atom stereocenters. The molecule has 0 aliphatic carbocycles. The molecule has 0 radical (unpaired) electrons. The van der Waals surface area contributed by atoms with E-state index in [1.165, 1.54) is 0 Å². The lowest BCUT2D eigenvalue weighted by Gasteiger charge is -2.36. The molecule has 1 fully saturated rings. The van der Waals surface area contributed by atoms with E-state index >= 15 is 0 Å². The quantitative estimate of drug-likeness (QED) is 0.844. The van der Waals surface area contributed by atoms with Gasteiger partial charge in [0.1, 0.15) is 0 Å². The fourth-order valence-corrected chi connectivity index (χ4v) is 2.62. The van der Waals surface area contributed by atoms with Crippen molar-refractivity contribution in [1.82, 2.24) is 14.7 Å². The molecule has 1 aliphatic heterocycles. The minimum Gasteiger partial charge on any atom is -0.338 e. The van der Waals surface area contributed by atoms with E-state index in [1.54, 1.807) is 10.9 Å². The number of nitrogens with two attached hydrogens (primary N) is 1. The summed E-state index contributed by atoms with van der Waals surface area (Å²) >= 11 is 0. The third kappa shape index (κ3) is 2.41. The largest absolute Gasteiger partial charge is 0.338 e. The van der Waals surface area contributed by atoms with Crippen molar-refractivity contribution in [1.29, 1.82) is 0 Å². The number of likely N-dealkylation sites (tertiary alicyclic amines) is 1. The molecule has 0 bridgehead atoms. The minimum atomic E-state index is 0.0888. The predicted molar refractivity (Wildman–Crippen MR) is 70.2 cm³/mol. The van der Waals surface area contributed by atoms with Crippen LogP contribution in [0.5, 0.6) is 0 Å². The van der Waals surface area contributed by atoms with Crippen molar-refractivity contribution in [2.45, 2.75) is 20.3 Å². The van der Waals surface area contributed by atoms with Gasteiger partial charge in [-0.25, -0.2) is 0 Å². The zero-order valence-electron chi connectivity index (χ0n) is 11.4. The summed E-state index contributed by atoms with van der Waals surface area (Å²) in [6, 6.07) is 0. The summed E-state index contributed by atoms with van der Waals surface area (Å²) in [6.45, 7) is 6.33. The molecule has 2 N–H and O–H groups in total. The molecule has 100 valence electrons. The Kier molecular flexibility index (Phi) is 3.71. The Balaban J connectivity index is 2.12. The lowest BCUT2D eigenvalue weighted by Crippen LogP contribution is -2.45. The minimum absolute atomic E-state index is 0.0888. The summed E-state index contributed by atoms with van der Waals surface area (Å²) in [5, 5.41) is 4.23. The second-order valence-corrected chi connectivity index (χ2v) is 5.31.